The molecule has 0 fully saturated rings. The van der Waals surface area contributed by atoms with Crippen molar-refractivity contribution in [1.29, 1.82) is 0 Å². The minimum Gasteiger partial charge on any atom is -0.448 e. The SMILES string of the molecule is CCOC(=O)n1nc2c(C(F)(F)F)cccc2c1N. The van der Waals surface area contributed by atoms with E-state index in [0.717, 1.165) is 6.07 Å². The van der Waals surface area contributed by atoms with Crippen molar-refractivity contribution in [3.8, 4) is 0 Å². The number of carbonyl (C=O) groups excluding carboxylic acids is 1. The highest BCUT2D eigenvalue weighted by molar-refractivity contribution is 5.95. The largest absolute Gasteiger partial charge is 0.448 e. The molecule has 5 nitrogen and oxygen atoms in total. The lowest BCUT2D eigenvalue weighted by Crippen LogP contribution is -2.17. The summed E-state index contributed by atoms with van der Waals surface area (Å²) < 4.78 is 43.7. The number of hydrogen-bond donors (Lipinski definition) is 1. The standard InChI is InChI=1S/C11H10F3N3O2/c1-2-19-10(18)17-9(15)6-4-3-5-7(8(6)16-17)11(12,13)14/h3-5H,2,15H2,1H3. The van der Waals surface area contributed by atoms with E-state index in [9.17, 15) is 18.0 Å². The van der Waals surface area contributed by atoms with Gasteiger partial charge < -0.3 is 10.5 Å². The molecule has 0 saturated carbocycles. The summed E-state index contributed by atoms with van der Waals surface area (Å²) in [7, 11) is 0. The lowest BCUT2D eigenvalue weighted by Gasteiger charge is -2.05. The van der Waals surface area contributed by atoms with Crippen molar-refractivity contribution in [2.75, 3.05) is 12.3 Å². The monoisotopic (exact) mass is 273 g/mol. The van der Waals surface area contributed by atoms with Gasteiger partial charge in [-0.15, -0.1) is 4.68 Å². The molecule has 1 aromatic carbocycles. The third kappa shape index (κ3) is 2.20. The van der Waals surface area contributed by atoms with Crippen molar-refractivity contribution >= 4 is 22.8 Å². The van der Waals surface area contributed by atoms with Gasteiger partial charge in [0.1, 0.15) is 11.3 Å². The first kappa shape index (κ1) is 13.2. The van der Waals surface area contributed by atoms with E-state index in [0.29, 0.717) is 4.68 Å². The molecule has 0 atom stereocenters. The van der Waals surface area contributed by atoms with Gasteiger partial charge in [-0.1, -0.05) is 6.07 Å². The smallest absolute Gasteiger partial charge is 0.436 e. The van der Waals surface area contributed by atoms with Crippen LogP contribution in [-0.2, 0) is 10.9 Å². The summed E-state index contributed by atoms with van der Waals surface area (Å²) in [4.78, 5) is 11.5. The van der Waals surface area contributed by atoms with Gasteiger partial charge in [0, 0.05) is 5.39 Å². The Hall–Kier alpha value is -2.25. The highest BCUT2D eigenvalue weighted by atomic mass is 19.4. The molecule has 102 valence electrons. The molecule has 0 unspecified atom stereocenters. The molecule has 0 spiro atoms. The number of aromatic nitrogens is 2. The Morgan fingerprint density at radius 1 is 1.47 bits per heavy atom. The number of fused-ring (bicyclic) bond motifs is 1. The molecule has 0 radical (unpaired) electrons. The third-order valence-electron chi connectivity index (χ3n) is 2.49. The number of alkyl halides is 3. The summed E-state index contributed by atoms with van der Waals surface area (Å²) in [5.41, 5.74) is 4.30. The van der Waals surface area contributed by atoms with Crippen LogP contribution in [0.3, 0.4) is 0 Å². The maximum Gasteiger partial charge on any atom is 0.436 e. The fourth-order valence-electron chi connectivity index (χ4n) is 1.68. The Balaban J connectivity index is 2.66. The van der Waals surface area contributed by atoms with Crippen LogP contribution in [0, 0.1) is 0 Å². The number of rotatable bonds is 1. The molecule has 0 aliphatic heterocycles. The summed E-state index contributed by atoms with van der Waals surface area (Å²) in [6.45, 7) is 1.64. The number of nitrogens with two attached hydrogens (primary N) is 1. The summed E-state index contributed by atoms with van der Waals surface area (Å²) in [5.74, 6) is -0.181. The van der Waals surface area contributed by atoms with E-state index in [1.165, 1.54) is 12.1 Å². The minimum atomic E-state index is -4.57. The number of halogens is 3. The number of benzene rings is 1. The van der Waals surface area contributed by atoms with E-state index in [2.05, 4.69) is 9.84 Å². The van der Waals surface area contributed by atoms with Gasteiger partial charge in [0.2, 0.25) is 0 Å². The fourth-order valence-corrected chi connectivity index (χ4v) is 1.68. The predicted octanol–water partition coefficient (Wildman–Crippen LogP) is 2.64. The number of anilines is 1. The molecule has 19 heavy (non-hydrogen) atoms. The van der Waals surface area contributed by atoms with Gasteiger partial charge >= 0.3 is 12.3 Å². The first-order valence-corrected chi connectivity index (χ1v) is 5.37. The van der Waals surface area contributed by atoms with E-state index < -0.39 is 17.8 Å². The Morgan fingerprint density at radius 2 is 2.16 bits per heavy atom. The van der Waals surface area contributed by atoms with Crippen LogP contribution in [0.2, 0.25) is 0 Å². The Morgan fingerprint density at radius 3 is 2.74 bits per heavy atom. The van der Waals surface area contributed by atoms with Crippen molar-refractivity contribution in [3.05, 3.63) is 23.8 Å². The predicted molar refractivity (Wildman–Crippen MR) is 61.6 cm³/mol. The van der Waals surface area contributed by atoms with E-state index >= 15 is 0 Å². The quantitative estimate of drug-likeness (QED) is 0.867. The molecule has 1 heterocycles. The average Bonchev–Trinajstić information content (AvgIpc) is 2.66. The molecule has 8 heteroatoms. The lowest BCUT2D eigenvalue weighted by molar-refractivity contribution is -0.136. The first-order chi connectivity index (χ1) is 8.86. The fraction of sp³-hybridized carbons (Fsp3) is 0.273. The molecule has 2 N–H and O–H groups in total. The zero-order valence-corrected chi connectivity index (χ0v) is 9.86. The molecule has 0 bridgehead atoms. The van der Waals surface area contributed by atoms with E-state index in [1.807, 2.05) is 0 Å². The van der Waals surface area contributed by atoms with E-state index in [-0.39, 0.29) is 23.3 Å². The molecule has 0 aliphatic rings. The maximum atomic E-state index is 12.8. The zero-order chi connectivity index (χ0) is 14.2. The van der Waals surface area contributed by atoms with E-state index in [1.54, 1.807) is 6.92 Å². The molecule has 0 saturated heterocycles. The number of hydrogen-bond acceptors (Lipinski definition) is 4. The second-order valence-corrected chi connectivity index (χ2v) is 3.70. The van der Waals surface area contributed by atoms with Crippen LogP contribution in [0.15, 0.2) is 18.2 Å². The van der Waals surface area contributed by atoms with Crippen LogP contribution < -0.4 is 5.73 Å². The Kier molecular flexibility index (Phi) is 3.09. The summed E-state index contributed by atoms with van der Waals surface area (Å²) in [6, 6.07) is 3.45. The number of ether oxygens (including phenoxy) is 1. The van der Waals surface area contributed by atoms with Crippen molar-refractivity contribution in [3.63, 3.8) is 0 Å². The number of carbonyl (C=O) groups is 1. The van der Waals surface area contributed by atoms with E-state index in [4.69, 9.17) is 5.73 Å². The summed E-state index contributed by atoms with van der Waals surface area (Å²) in [6.07, 6.45) is -5.48. The molecule has 2 rings (SSSR count). The van der Waals surface area contributed by atoms with Crippen LogP contribution in [0.5, 0.6) is 0 Å². The topological polar surface area (TPSA) is 70.1 Å². The van der Waals surface area contributed by atoms with Gasteiger partial charge in [0.25, 0.3) is 0 Å². The Labute approximate surface area is 105 Å². The van der Waals surface area contributed by atoms with Gasteiger partial charge in [0.05, 0.1) is 12.2 Å². The number of nitrogens with zero attached hydrogens (tertiary/aromatic N) is 2. The van der Waals surface area contributed by atoms with Gasteiger partial charge in [0.15, 0.2) is 0 Å². The molecule has 0 aliphatic carbocycles. The van der Waals surface area contributed by atoms with Crippen molar-refractivity contribution in [1.82, 2.24) is 9.78 Å². The third-order valence-corrected chi connectivity index (χ3v) is 2.49. The minimum absolute atomic E-state index is 0.0582. The zero-order valence-electron chi connectivity index (χ0n) is 9.86. The Bertz CT molecular complexity index is 634. The molecule has 1 aromatic heterocycles. The van der Waals surface area contributed by atoms with Crippen LogP contribution >= 0.6 is 0 Å². The van der Waals surface area contributed by atoms with Crippen LogP contribution in [0.4, 0.5) is 23.8 Å². The van der Waals surface area contributed by atoms with Crippen molar-refractivity contribution < 1.29 is 22.7 Å². The summed E-state index contributed by atoms with van der Waals surface area (Å²) in [5, 5.41) is 3.65. The van der Waals surface area contributed by atoms with Crippen LogP contribution in [-0.4, -0.2) is 22.5 Å². The van der Waals surface area contributed by atoms with Gasteiger partial charge in [-0.3, -0.25) is 0 Å². The highest BCUT2D eigenvalue weighted by Crippen LogP contribution is 2.35. The molecular weight excluding hydrogens is 263 g/mol. The van der Waals surface area contributed by atoms with Crippen LogP contribution in [0.1, 0.15) is 12.5 Å². The second-order valence-electron chi connectivity index (χ2n) is 3.70. The van der Waals surface area contributed by atoms with Crippen LogP contribution in [0.25, 0.3) is 10.9 Å². The lowest BCUT2D eigenvalue weighted by atomic mass is 10.1. The first-order valence-electron chi connectivity index (χ1n) is 5.37. The second kappa shape index (κ2) is 4.45. The highest BCUT2D eigenvalue weighted by Gasteiger charge is 2.34. The van der Waals surface area contributed by atoms with Crippen molar-refractivity contribution in [2.45, 2.75) is 13.1 Å². The summed E-state index contributed by atoms with van der Waals surface area (Å²) >= 11 is 0. The molecule has 0 amide bonds. The molecule has 2 aromatic rings. The molecular formula is C11H10F3N3O2. The van der Waals surface area contributed by atoms with Crippen molar-refractivity contribution in [2.24, 2.45) is 0 Å². The normalized spacial score (nSPS) is 11.8. The number of nitrogen functional groups attached to an aromatic ring is 1. The average molecular weight is 273 g/mol. The van der Waals surface area contributed by atoms with Gasteiger partial charge in [-0.2, -0.15) is 18.3 Å². The van der Waals surface area contributed by atoms with Gasteiger partial charge in [-0.25, -0.2) is 4.79 Å². The maximum absolute atomic E-state index is 12.8. The van der Waals surface area contributed by atoms with Gasteiger partial charge in [-0.05, 0) is 19.1 Å².